The first-order valence-electron chi connectivity index (χ1n) is 15.6. The topological polar surface area (TPSA) is 9.86 Å². The first kappa shape index (κ1) is 25.6. The summed E-state index contributed by atoms with van der Waals surface area (Å²) < 4.78 is 4.95. The maximum Gasteiger partial charge on any atom is 0.0548 e. The summed E-state index contributed by atoms with van der Waals surface area (Å²) >= 11 is 0. The van der Waals surface area contributed by atoms with Gasteiger partial charge in [0, 0.05) is 39.3 Å². The van der Waals surface area contributed by atoms with E-state index in [1.807, 2.05) is 0 Å². The van der Waals surface area contributed by atoms with E-state index >= 15 is 0 Å². The van der Waals surface area contributed by atoms with Crippen molar-refractivity contribution < 1.29 is 0 Å². The van der Waals surface area contributed by atoms with Crippen molar-refractivity contribution in [3.8, 4) is 27.9 Å². The van der Waals surface area contributed by atoms with Crippen LogP contribution in [0, 0.1) is 0 Å². The van der Waals surface area contributed by atoms with Crippen molar-refractivity contribution in [3.63, 3.8) is 0 Å². The molecular weight excluding hydrogens is 544 g/mol. The van der Waals surface area contributed by atoms with E-state index in [1.54, 1.807) is 0 Å². The summed E-state index contributed by atoms with van der Waals surface area (Å²) in [6.45, 7) is 0.790. The summed E-state index contributed by atoms with van der Waals surface area (Å²) in [5, 5.41) is 5.09. The molecule has 0 unspecified atom stereocenters. The molecular formula is C43H30N2. The molecule has 0 radical (unpaired) electrons. The summed E-state index contributed by atoms with van der Waals surface area (Å²) in [4.78, 5) is 0. The Morgan fingerprint density at radius 3 is 1.73 bits per heavy atom. The van der Waals surface area contributed by atoms with Crippen molar-refractivity contribution in [3.05, 3.63) is 175 Å². The van der Waals surface area contributed by atoms with Gasteiger partial charge in [-0.3, -0.25) is 0 Å². The maximum absolute atomic E-state index is 2.51. The Morgan fingerprint density at radius 1 is 0.356 bits per heavy atom. The van der Waals surface area contributed by atoms with Crippen LogP contribution < -0.4 is 0 Å². The summed E-state index contributed by atoms with van der Waals surface area (Å²) in [7, 11) is 0. The molecule has 0 N–H and O–H groups in total. The Hall–Kier alpha value is -5.86. The highest BCUT2D eigenvalue weighted by Crippen LogP contribution is 2.39. The lowest BCUT2D eigenvalue weighted by molar-refractivity contribution is 0.871. The van der Waals surface area contributed by atoms with Gasteiger partial charge in [-0.1, -0.05) is 133 Å². The normalized spacial score (nSPS) is 11.6. The summed E-state index contributed by atoms with van der Waals surface area (Å²) in [5.41, 5.74) is 12.4. The number of benzene rings is 7. The quantitative estimate of drug-likeness (QED) is 0.193. The van der Waals surface area contributed by atoms with Gasteiger partial charge in [0.25, 0.3) is 0 Å². The van der Waals surface area contributed by atoms with Crippen LogP contribution in [0.25, 0.3) is 71.6 Å². The van der Waals surface area contributed by atoms with Crippen LogP contribution in [-0.2, 0) is 6.54 Å². The lowest BCUT2D eigenvalue weighted by atomic mass is 9.99. The minimum absolute atomic E-state index is 0.790. The summed E-state index contributed by atoms with van der Waals surface area (Å²) in [6.07, 6.45) is 0. The number of hydrogen-bond donors (Lipinski definition) is 0. The zero-order chi connectivity index (χ0) is 29.7. The second-order valence-electron chi connectivity index (χ2n) is 11.8. The smallest absolute Gasteiger partial charge is 0.0548 e. The van der Waals surface area contributed by atoms with E-state index in [1.165, 1.54) is 77.1 Å². The summed E-state index contributed by atoms with van der Waals surface area (Å²) in [6, 6.07) is 61.6. The molecule has 0 aliphatic heterocycles. The first-order chi connectivity index (χ1) is 22.3. The van der Waals surface area contributed by atoms with Gasteiger partial charge < -0.3 is 9.13 Å². The van der Waals surface area contributed by atoms with Gasteiger partial charge in [0.15, 0.2) is 0 Å². The second kappa shape index (κ2) is 10.4. The molecule has 2 nitrogen and oxygen atoms in total. The molecule has 9 rings (SSSR count). The Balaban J connectivity index is 1.30. The highest BCUT2D eigenvalue weighted by atomic mass is 15.0. The van der Waals surface area contributed by atoms with E-state index in [2.05, 4.69) is 179 Å². The minimum atomic E-state index is 0.790. The first-order valence-corrected chi connectivity index (χ1v) is 15.6. The van der Waals surface area contributed by atoms with Crippen molar-refractivity contribution >= 4 is 43.6 Å². The molecule has 0 atom stereocenters. The van der Waals surface area contributed by atoms with Crippen LogP contribution in [0.1, 0.15) is 5.56 Å². The molecule has 0 amide bonds. The van der Waals surface area contributed by atoms with Gasteiger partial charge in [-0.2, -0.15) is 0 Å². The van der Waals surface area contributed by atoms with Gasteiger partial charge in [-0.05, 0) is 64.2 Å². The molecule has 45 heavy (non-hydrogen) atoms. The molecule has 0 saturated heterocycles. The SMILES string of the molecule is c1ccc(-c2cccc(-n3c4ccccc4c4cc5c(cc43)c3ccccc3n5Cc3ccccc3-c3ccccc3)c2)cc1. The van der Waals surface area contributed by atoms with E-state index in [4.69, 9.17) is 0 Å². The minimum Gasteiger partial charge on any atom is -0.336 e. The van der Waals surface area contributed by atoms with Gasteiger partial charge in [0.1, 0.15) is 0 Å². The predicted octanol–water partition coefficient (Wildman–Crippen LogP) is 11.3. The fraction of sp³-hybridized carbons (Fsp3) is 0.0233. The van der Waals surface area contributed by atoms with Gasteiger partial charge in [0.05, 0.1) is 16.6 Å². The molecule has 0 saturated carbocycles. The van der Waals surface area contributed by atoms with Crippen LogP contribution in [0.15, 0.2) is 170 Å². The molecule has 0 aliphatic carbocycles. The molecule has 0 bridgehead atoms. The number of para-hydroxylation sites is 2. The average Bonchev–Trinajstić information content (AvgIpc) is 3.60. The third kappa shape index (κ3) is 4.18. The zero-order valence-corrected chi connectivity index (χ0v) is 24.8. The van der Waals surface area contributed by atoms with Crippen LogP contribution in [0.2, 0.25) is 0 Å². The molecule has 0 aliphatic rings. The molecule has 2 aromatic heterocycles. The zero-order valence-electron chi connectivity index (χ0n) is 24.8. The Kier molecular flexibility index (Phi) is 5.92. The van der Waals surface area contributed by atoms with Crippen molar-refractivity contribution in [2.24, 2.45) is 0 Å². The van der Waals surface area contributed by atoms with Crippen LogP contribution in [0.4, 0.5) is 0 Å². The van der Waals surface area contributed by atoms with Crippen LogP contribution >= 0.6 is 0 Å². The molecule has 2 heteroatoms. The third-order valence-electron chi connectivity index (χ3n) is 9.21. The molecule has 0 spiro atoms. The van der Waals surface area contributed by atoms with Crippen molar-refractivity contribution in [2.45, 2.75) is 6.54 Å². The van der Waals surface area contributed by atoms with E-state index in [0.29, 0.717) is 0 Å². The number of fused-ring (bicyclic) bond motifs is 6. The highest BCUT2D eigenvalue weighted by molar-refractivity contribution is 6.18. The number of hydrogen-bond acceptors (Lipinski definition) is 0. The van der Waals surface area contributed by atoms with E-state index in [9.17, 15) is 0 Å². The maximum atomic E-state index is 2.51. The van der Waals surface area contributed by atoms with Crippen molar-refractivity contribution in [2.75, 3.05) is 0 Å². The van der Waals surface area contributed by atoms with Gasteiger partial charge in [-0.25, -0.2) is 0 Å². The average molecular weight is 575 g/mol. The summed E-state index contributed by atoms with van der Waals surface area (Å²) in [5.74, 6) is 0. The Labute approximate surface area is 262 Å². The van der Waals surface area contributed by atoms with Crippen LogP contribution in [0.5, 0.6) is 0 Å². The van der Waals surface area contributed by atoms with Gasteiger partial charge >= 0.3 is 0 Å². The van der Waals surface area contributed by atoms with Gasteiger partial charge in [0.2, 0.25) is 0 Å². The lowest BCUT2D eigenvalue weighted by Crippen LogP contribution is -2.01. The molecule has 0 fully saturated rings. The standard InChI is InChI=1S/C43H30N2/c1-3-14-30(15-4-1)32-19-13-20-34(26-32)45-41-25-12-10-23-37(41)39-27-42-38(28-43(39)45)36-22-9-11-24-40(36)44(42)29-33-18-7-8-21-35(33)31-16-5-2-6-17-31/h1-28H,29H2. The fourth-order valence-corrected chi connectivity index (χ4v) is 7.14. The van der Waals surface area contributed by atoms with E-state index < -0.39 is 0 Å². The number of rotatable bonds is 5. The molecule has 9 aromatic rings. The van der Waals surface area contributed by atoms with E-state index in [0.717, 1.165) is 6.54 Å². The number of nitrogens with zero attached hydrogens (tertiary/aromatic N) is 2. The molecule has 7 aromatic carbocycles. The van der Waals surface area contributed by atoms with Crippen LogP contribution in [-0.4, -0.2) is 9.13 Å². The van der Waals surface area contributed by atoms with Crippen molar-refractivity contribution in [1.29, 1.82) is 0 Å². The Bertz CT molecular complexity index is 2500. The molecule has 212 valence electrons. The second-order valence-corrected chi connectivity index (χ2v) is 11.8. The predicted molar refractivity (Wildman–Crippen MR) is 190 cm³/mol. The monoisotopic (exact) mass is 574 g/mol. The fourth-order valence-electron chi connectivity index (χ4n) is 7.14. The van der Waals surface area contributed by atoms with Crippen LogP contribution in [0.3, 0.4) is 0 Å². The number of aromatic nitrogens is 2. The lowest BCUT2D eigenvalue weighted by Gasteiger charge is -2.13. The van der Waals surface area contributed by atoms with Gasteiger partial charge in [-0.15, -0.1) is 0 Å². The molecule has 2 heterocycles. The third-order valence-corrected chi connectivity index (χ3v) is 9.21. The van der Waals surface area contributed by atoms with Crippen molar-refractivity contribution in [1.82, 2.24) is 9.13 Å². The largest absolute Gasteiger partial charge is 0.336 e. The van der Waals surface area contributed by atoms with E-state index in [-0.39, 0.29) is 0 Å². The highest BCUT2D eigenvalue weighted by Gasteiger charge is 2.18. The Morgan fingerprint density at radius 2 is 0.933 bits per heavy atom.